The van der Waals surface area contributed by atoms with Gasteiger partial charge in [-0.3, -0.25) is 4.68 Å². The van der Waals surface area contributed by atoms with Crippen LogP contribution >= 0.6 is 0 Å². The third-order valence-electron chi connectivity index (χ3n) is 4.22. The summed E-state index contributed by atoms with van der Waals surface area (Å²) in [7, 11) is 0. The minimum Gasteiger partial charge on any atom is -0.346 e. The fourth-order valence-electron chi connectivity index (χ4n) is 2.88. The van der Waals surface area contributed by atoms with Crippen LogP contribution in [0.3, 0.4) is 0 Å². The van der Waals surface area contributed by atoms with Crippen LogP contribution in [0.1, 0.15) is 19.4 Å². The van der Waals surface area contributed by atoms with Gasteiger partial charge < -0.3 is 4.98 Å². The second-order valence-corrected chi connectivity index (χ2v) is 5.56. The number of H-pyrrole nitrogens is 1. The van der Waals surface area contributed by atoms with Crippen LogP contribution in [-0.2, 0) is 0 Å². The molecule has 104 valence electrons. The van der Waals surface area contributed by atoms with Crippen LogP contribution in [0.2, 0.25) is 0 Å². The summed E-state index contributed by atoms with van der Waals surface area (Å²) >= 11 is 0. The first-order valence-electron chi connectivity index (χ1n) is 7.00. The summed E-state index contributed by atoms with van der Waals surface area (Å²) in [6.45, 7) is 1.98. The Balaban J connectivity index is 1.67. The molecule has 6 heteroatoms. The van der Waals surface area contributed by atoms with Crippen molar-refractivity contribution in [3.63, 3.8) is 0 Å². The Morgan fingerprint density at radius 2 is 2.38 bits per heavy atom. The summed E-state index contributed by atoms with van der Waals surface area (Å²) < 4.78 is 1.97. The minimum atomic E-state index is 0.0816. The Bertz CT molecular complexity index is 839. The monoisotopic (exact) mass is 278 g/mol. The zero-order valence-corrected chi connectivity index (χ0v) is 11.6. The van der Waals surface area contributed by atoms with Gasteiger partial charge in [0.15, 0.2) is 0 Å². The van der Waals surface area contributed by atoms with E-state index in [0.717, 1.165) is 28.7 Å². The Morgan fingerprint density at radius 3 is 3.24 bits per heavy atom. The van der Waals surface area contributed by atoms with Gasteiger partial charge in [0.1, 0.15) is 12.0 Å². The van der Waals surface area contributed by atoms with Crippen LogP contribution < -0.4 is 0 Å². The molecule has 0 radical (unpaired) electrons. The molecule has 0 aliphatic heterocycles. The molecule has 1 saturated carbocycles. The molecule has 3 unspecified atom stereocenters. The van der Waals surface area contributed by atoms with E-state index in [2.05, 4.69) is 26.1 Å². The van der Waals surface area contributed by atoms with Crippen LogP contribution in [0.4, 0.5) is 0 Å². The topological polar surface area (TPSA) is 83.2 Å². The molecule has 0 amide bonds. The third kappa shape index (κ3) is 1.89. The molecule has 21 heavy (non-hydrogen) atoms. The zero-order chi connectivity index (χ0) is 14.4. The minimum absolute atomic E-state index is 0.0816. The van der Waals surface area contributed by atoms with E-state index < -0.39 is 0 Å². The molecular formula is C15H14N6. The molecule has 1 aliphatic rings. The van der Waals surface area contributed by atoms with Gasteiger partial charge in [-0.05, 0) is 25.3 Å². The van der Waals surface area contributed by atoms with Crippen LogP contribution in [0.15, 0.2) is 31.0 Å². The van der Waals surface area contributed by atoms with E-state index in [1.54, 1.807) is 6.33 Å². The van der Waals surface area contributed by atoms with Crippen LogP contribution in [0, 0.1) is 23.2 Å². The molecular weight excluding hydrogens is 264 g/mol. The molecule has 6 nitrogen and oxygen atoms in total. The number of hydrogen-bond donors (Lipinski definition) is 1. The van der Waals surface area contributed by atoms with Gasteiger partial charge in [-0.1, -0.05) is 0 Å². The average molecular weight is 278 g/mol. The highest BCUT2D eigenvalue weighted by molar-refractivity contribution is 5.89. The largest absolute Gasteiger partial charge is 0.346 e. The van der Waals surface area contributed by atoms with E-state index in [1.807, 2.05) is 36.3 Å². The highest BCUT2D eigenvalue weighted by Crippen LogP contribution is 2.48. The number of rotatable bonds is 3. The number of fused-ring (bicyclic) bond motifs is 1. The lowest BCUT2D eigenvalue weighted by atomic mass is 10.1. The summed E-state index contributed by atoms with van der Waals surface area (Å²) in [5, 5.41) is 14.4. The maximum atomic E-state index is 8.99. The Labute approximate surface area is 121 Å². The van der Waals surface area contributed by atoms with Gasteiger partial charge in [0.25, 0.3) is 0 Å². The first-order chi connectivity index (χ1) is 10.3. The van der Waals surface area contributed by atoms with Crippen molar-refractivity contribution in [2.75, 3.05) is 0 Å². The average Bonchev–Trinajstić information content (AvgIpc) is 2.96. The SMILES string of the molecule is CC(C#N)C1CC1n1cc(-c2ncnc3[nH]ccc23)cn1. The fourth-order valence-corrected chi connectivity index (χ4v) is 2.88. The molecule has 0 spiro atoms. The number of hydrogen-bond acceptors (Lipinski definition) is 4. The van der Waals surface area contributed by atoms with Crippen molar-refractivity contribution < 1.29 is 0 Å². The highest BCUT2D eigenvalue weighted by atomic mass is 15.3. The highest BCUT2D eigenvalue weighted by Gasteiger charge is 2.43. The summed E-state index contributed by atoms with van der Waals surface area (Å²) in [5.74, 6) is 0.499. The van der Waals surface area contributed by atoms with Crippen molar-refractivity contribution in [3.05, 3.63) is 31.0 Å². The maximum absolute atomic E-state index is 8.99. The lowest BCUT2D eigenvalue weighted by Gasteiger charge is -2.01. The first-order valence-corrected chi connectivity index (χ1v) is 7.00. The third-order valence-corrected chi connectivity index (χ3v) is 4.22. The summed E-state index contributed by atoms with van der Waals surface area (Å²) in [5.41, 5.74) is 2.70. The Morgan fingerprint density at radius 1 is 1.48 bits per heavy atom. The summed E-state index contributed by atoms with van der Waals surface area (Å²) in [6, 6.07) is 4.64. The van der Waals surface area contributed by atoms with Gasteiger partial charge in [0.05, 0.1) is 24.0 Å². The van der Waals surface area contributed by atoms with Crippen molar-refractivity contribution in [1.29, 1.82) is 5.26 Å². The molecule has 0 bridgehead atoms. The predicted octanol–water partition coefficient (Wildman–Crippen LogP) is 2.54. The van der Waals surface area contributed by atoms with Gasteiger partial charge in [-0.25, -0.2) is 9.97 Å². The second-order valence-electron chi connectivity index (χ2n) is 5.56. The fraction of sp³-hybridized carbons (Fsp3) is 0.333. The van der Waals surface area contributed by atoms with E-state index in [0.29, 0.717) is 12.0 Å². The lowest BCUT2D eigenvalue weighted by Crippen LogP contribution is -2.01. The van der Waals surface area contributed by atoms with Crippen LogP contribution in [0.5, 0.6) is 0 Å². The standard InChI is InChI=1S/C15H14N6/c1-9(5-16)12-4-13(12)21-7-10(6-20-21)14-11-2-3-17-15(11)19-8-18-14/h2-3,6-9,12-13H,4H2,1H3,(H,17,18,19). The quantitative estimate of drug-likeness (QED) is 0.798. The van der Waals surface area contributed by atoms with Gasteiger partial charge in [-0.2, -0.15) is 10.4 Å². The second kappa shape index (κ2) is 4.42. The van der Waals surface area contributed by atoms with E-state index in [4.69, 9.17) is 5.26 Å². The molecule has 4 rings (SSSR count). The molecule has 3 atom stereocenters. The number of aromatic amines is 1. The van der Waals surface area contributed by atoms with Crippen molar-refractivity contribution in [3.8, 4) is 17.3 Å². The van der Waals surface area contributed by atoms with E-state index in [-0.39, 0.29) is 5.92 Å². The van der Waals surface area contributed by atoms with E-state index in [1.165, 1.54) is 0 Å². The number of nitrogens with one attached hydrogen (secondary N) is 1. The van der Waals surface area contributed by atoms with Gasteiger partial charge in [-0.15, -0.1) is 0 Å². The van der Waals surface area contributed by atoms with E-state index in [9.17, 15) is 0 Å². The molecule has 1 fully saturated rings. The number of nitrogens with zero attached hydrogens (tertiary/aromatic N) is 5. The normalized spacial score (nSPS) is 22.1. The van der Waals surface area contributed by atoms with Crippen molar-refractivity contribution in [2.24, 2.45) is 11.8 Å². The molecule has 3 aromatic heterocycles. The van der Waals surface area contributed by atoms with Crippen LogP contribution in [0.25, 0.3) is 22.3 Å². The maximum Gasteiger partial charge on any atom is 0.141 e. The summed E-state index contributed by atoms with van der Waals surface area (Å²) in [4.78, 5) is 11.7. The van der Waals surface area contributed by atoms with E-state index >= 15 is 0 Å². The zero-order valence-electron chi connectivity index (χ0n) is 11.6. The smallest absolute Gasteiger partial charge is 0.141 e. The lowest BCUT2D eigenvalue weighted by molar-refractivity contribution is 0.528. The first kappa shape index (κ1) is 12.1. The Hall–Kier alpha value is -2.68. The van der Waals surface area contributed by atoms with Crippen molar-refractivity contribution >= 4 is 11.0 Å². The molecule has 1 N–H and O–H groups in total. The van der Waals surface area contributed by atoms with Crippen molar-refractivity contribution in [1.82, 2.24) is 24.7 Å². The molecule has 0 saturated heterocycles. The molecule has 1 aliphatic carbocycles. The molecule has 3 aromatic rings. The number of aromatic nitrogens is 5. The number of nitriles is 1. The summed E-state index contributed by atoms with van der Waals surface area (Å²) in [6.07, 6.45) is 8.30. The van der Waals surface area contributed by atoms with Crippen LogP contribution in [-0.4, -0.2) is 24.7 Å². The van der Waals surface area contributed by atoms with Gasteiger partial charge >= 0.3 is 0 Å². The van der Waals surface area contributed by atoms with Gasteiger partial charge in [0, 0.05) is 29.3 Å². The molecule has 0 aromatic carbocycles. The Kier molecular flexibility index (Phi) is 2.54. The molecule has 3 heterocycles. The van der Waals surface area contributed by atoms with Crippen molar-refractivity contribution in [2.45, 2.75) is 19.4 Å². The predicted molar refractivity (Wildman–Crippen MR) is 77.0 cm³/mol. The van der Waals surface area contributed by atoms with Gasteiger partial charge in [0.2, 0.25) is 0 Å².